The van der Waals surface area contributed by atoms with Crippen LogP contribution in [-0.2, 0) is 23.9 Å². The Hall–Kier alpha value is -2.58. The van der Waals surface area contributed by atoms with Crippen molar-refractivity contribution in [3.63, 3.8) is 0 Å². The zero-order valence-corrected chi connectivity index (χ0v) is 14.4. The number of hydrogen-bond donors (Lipinski definition) is 3. The van der Waals surface area contributed by atoms with Gasteiger partial charge in [0.2, 0.25) is 0 Å². The van der Waals surface area contributed by atoms with Gasteiger partial charge in [0.25, 0.3) is 0 Å². The van der Waals surface area contributed by atoms with Gasteiger partial charge in [-0.25, -0.2) is 4.79 Å². The normalized spacial score (nSPS) is 13.8. The first-order chi connectivity index (χ1) is 12.8. The van der Waals surface area contributed by atoms with Crippen LogP contribution in [0.25, 0.3) is 0 Å². The van der Waals surface area contributed by atoms with Crippen LogP contribution in [0.4, 0.5) is 18.0 Å². The maximum Gasteiger partial charge on any atom is 0.416 e. The number of primary amides is 1. The molecule has 0 fully saturated rings. The number of halogens is 3. The van der Waals surface area contributed by atoms with E-state index in [9.17, 15) is 23.1 Å². The molecule has 1 amide bonds. The van der Waals surface area contributed by atoms with Gasteiger partial charge in [0.05, 0.1) is 5.56 Å². The molecule has 0 spiro atoms. The summed E-state index contributed by atoms with van der Waals surface area (Å²) in [6.45, 7) is 0.136. The van der Waals surface area contributed by atoms with Crippen molar-refractivity contribution in [3.8, 4) is 0 Å². The third kappa shape index (κ3) is 6.92. The molecule has 27 heavy (non-hydrogen) atoms. The number of rotatable bonds is 8. The number of hydrogen-bond acceptors (Lipinski definition) is 4. The van der Waals surface area contributed by atoms with Crippen LogP contribution in [0.5, 0.6) is 0 Å². The Bertz CT molecular complexity index is 738. The Morgan fingerprint density at radius 2 is 1.78 bits per heavy atom. The Morgan fingerprint density at radius 3 is 2.41 bits per heavy atom. The molecule has 4 N–H and O–H groups in total. The first-order valence-corrected chi connectivity index (χ1v) is 8.30. The third-order valence-corrected chi connectivity index (χ3v) is 3.91. The summed E-state index contributed by atoms with van der Waals surface area (Å²) in [7, 11) is 0. The van der Waals surface area contributed by atoms with Crippen LogP contribution in [0.2, 0.25) is 0 Å². The molecule has 0 radical (unpaired) electrons. The van der Waals surface area contributed by atoms with Gasteiger partial charge < -0.3 is 20.9 Å². The van der Waals surface area contributed by atoms with Gasteiger partial charge in [-0.2, -0.15) is 13.2 Å². The highest BCUT2D eigenvalue weighted by Gasteiger charge is 2.30. The monoisotopic (exact) mass is 382 g/mol. The molecule has 0 aliphatic rings. The molecule has 0 unspecified atom stereocenters. The Labute approximate surface area is 154 Å². The molecule has 5 nitrogen and oxygen atoms in total. The van der Waals surface area contributed by atoms with E-state index in [0.717, 1.165) is 17.7 Å². The number of alkyl halides is 3. The lowest BCUT2D eigenvalue weighted by Crippen LogP contribution is -2.41. The van der Waals surface area contributed by atoms with E-state index in [-0.39, 0.29) is 19.5 Å². The summed E-state index contributed by atoms with van der Waals surface area (Å²) in [6, 6.07) is 14.0. The molecule has 0 saturated carbocycles. The lowest BCUT2D eigenvalue weighted by Gasteiger charge is -2.23. The van der Waals surface area contributed by atoms with Gasteiger partial charge in [-0.1, -0.05) is 48.5 Å². The number of nitrogens with two attached hydrogens (primary N) is 1. The largest absolute Gasteiger partial charge is 0.443 e. The highest BCUT2D eigenvalue weighted by molar-refractivity contribution is 5.64. The van der Waals surface area contributed by atoms with Crippen LogP contribution >= 0.6 is 0 Å². The predicted octanol–water partition coefficient (Wildman–Crippen LogP) is 2.86. The molecule has 0 aliphatic carbocycles. The minimum absolute atomic E-state index is 0.0149. The van der Waals surface area contributed by atoms with Crippen molar-refractivity contribution in [3.05, 3.63) is 71.3 Å². The fourth-order valence-corrected chi connectivity index (χ4v) is 2.61. The van der Waals surface area contributed by atoms with Crippen molar-refractivity contribution in [2.75, 3.05) is 6.54 Å². The van der Waals surface area contributed by atoms with Gasteiger partial charge in [-0.3, -0.25) is 0 Å². The van der Waals surface area contributed by atoms with Crippen LogP contribution < -0.4 is 11.1 Å². The average Bonchev–Trinajstić information content (AvgIpc) is 2.61. The molecule has 2 atom stereocenters. The number of carbonyl (C=O) groups excluding carboxylic acids is 1. The summed E-state index contributed by atoms with van der Waals surface area (Å²) < 4.78 is 43.2. The SMILES string of the molecule is NC(=O)O[C@@H](Cc1ccccc1)[C@@H](O)CNCc1cccc(C(F)(F)F)c1. The number of ether oxygens (including phenoxy) is 1. The van der Waals surface area contributed by atoms with Crippen molar-refractivity contribution in [2.24, 2.45) is 5.73 Å². The topological polar surface area (TPSA) is 84.6 Å². The van der Waals surface area contributed by atoms with Gasteiger partial charge >= 0.3 is 12.3 Å². The van der Waals surface area contributed by atoms with E-state index in [1.807, 2.05) is 30.3 Å². The smallest absolute Gasteiger partial charge is 0.416 e. The predicted molar refractivity (Wildman–Crippen MR) is 93.8 cm³/mol. The van der Waals surface area contributed by atoms with Gasteiger partial charge in [0.15, 0.2) is 0 Å². The second-order valence-corrected chi connectivity index (χ2v) is 6.06. The molecular weight excluding hydrogens is 361 g/mol. The summed E-state index contributed by atoms with van der Waals surface area (Å²) in [5, 5.41) is 13.2. The van der Waals surface area contributed by atoms with Crippen LogP contribution in [0, 0.1) is 0 Å². The molecule has 146 valence electrons. The lowest BCUT2D eigenvalue weighted by atomic mass is 10.0. The maximum absolute atomic E-state index is 12.7. The van der Waals surface area contributed by atoms with Crippen molar-refractivity contribution >= 4 is 6.09 Å². The van der Waals surface area contributed by atoms with E-state index in [1.165, 1.54) is 6.07 Å². The molecule has 0 aromatic heterocycles. The van der Waals surface area contributed by atoms with Gasteiger partial charge in [-0.05, 0) is 17.2 Å². The Morgan fingerprint density at radius 1 is 1.11 bits per heavy atom. The van der Waals surface area contributed by atoms with Gasteiger partial charge in [0, 0.05) is 19.5 Å². The average molecular weight is 382 g/mol. The number of benzene rings is 2. The van der Waals surface area contributed by atoms with E-state index in [0.29, 0.717) is 5.56 Å². The summed E-state index contributed by atoms with van der Waals surface area (Å²) in [4.78, 5) is 11.1. The summed E-state index contributed by atoms with van der Waals surface area (Å²) in [5.41, 5.74) is 5.60. The van der Waals surface area contributed by atoms with Crippen LogP contribution in [0.3, 0.4) is 0 Å². The zero-order chi connectivity index (χ0) is 19.9. The van der Waals surface area contributed by atoms with Crippen molar-refractivity contribution in [1.29, 1.82) is 0 Å². The van der Waals surface area contributed by atoms with Crippen molar-refractivity contribution < 1.29 is 27.8 Å². The molecule has 0 saturated heterocycles. The molecule has 0 aliphatic heterocycles. The summed E-state index contributed by atoms with van der Waals surface area (Å²) >= 11 is 0. The molecular formula is C19H21F3N2O3. The van der Waals surface area contributed by atoms with Crippen molar-refractivity contribution in [1.82, 2.24) is 5.32 Å². The zero-order valence-electron chi connectivity index (χ0n) is 14.4. The molecule has 2 aromatic rings. The third-order valence-electron chi connectivity index (χ3n) is 3.91. The molecule has 2 aromatic carbocycles. The second-order valence-electron chi connectivity index (χ2n) is 6.06. The van der Waals surface area contributed by atoms with Gasteiger partial charge in [0.1, 0.15) is 12.2 Å². The highest BCUT2D eigenvalue weighted by Crippen LogP contribution is 2.29. The van der Waals surface area contributed by atoms with Crippen LogP contribution in [0.15, 0.2) is 54.6 Å². The fourth-order valence-electron chi connectivity index (χ4n) is 2.61. The fraction of sp³-hybridized carbons (Fsp3) is 0.316. The maximum atomic E-state index is 12.7. The minimum Gasteiger partial charge on any atom is -0.443 e. The van der Waals surface area contributed by atoms with Crippen molar-refractivity contribution in [2.45, 2.75) is 31.3 Å². The number of aliphatic hydroxyl groups excluding tert-OH is 1. The number of nitrogens with one attached hydrogen (secondary N) is 1. The first-order valence-electron chi connectivity index (χ1n) is 8.30. The number of amides is 1. The van der Waals surface area contributed by atoms with Gasteiger partial charge in [-0.15, -0.1) is 0 Å². The summed E-state index contributed by atoms with van der Waals surface area (Å²) in [5.74, 6) is 0. The molecule has 2 rings (SSSR count). The van der Waals surface area contributed by atoms with Crippen LogP contribution in [-0.4, -0.2) is 30.0 Å². The Balaban J connectivity index is 1.93. The standard InChI is InChI=1S/C19H21F3N2O3/c20-19(21,22)15-8-4-7-14(9-15)11-24-12-16(25)17(27-18(23)26)10-13-5-2-1-3-6-13/h1-9,16-17,24-25H,10-12H2,(H2,23,26)/t16-,17-/m0/s1. The molecule has 0 heterocycles. The first kappa shape index (κ1) is 20.7. The second kappa shape index (κ2) is 9.38. The van der Waals surface area contributed by atoms with E-state index in [1.54, 1.807) is 6.07 Å². The highest BCUT2D eigenvalue weighted by atomic mass is 19.4. The summed E-state index contributed by atoms with van der Waals surface area (Å²) in [6.07, 6.45) is -7.11. The van der Waals surface area contributed by atoms with Crippen LogP contribution in [0.1, 0.15) is 16.7 Å². The van der Waals surface area contributed by atoms with E-state index < -0.39 is 30.0 Å². The number of carbonyl (C=O) groups is 1. The van der Waals surface area contributed by atoms with E-state index >= 15 is 0 Å². The number of aliphatic hydroxyl groups is 1. The molecule has 8 heteroatoms. The van der Waals surface area contributed by atoms with E-state index in [4.69, 9.17) is 10.5 Å². The molecule has 0 bridgehead atoms. The van der Waals surface area contributed by atoms with E-state index in [2.05, 4.69) is 5.32 Å². The minimum atomic E-state index is -4.41. The Kier molecular flexibility index (Phi) is 7.20. The lowest BCUT2D eigenvalue weighted by molar-refractivity contribution is -0.137. The quantitative estimate of drug-likeness (QED) is 0.656.